The van der Waals surface area contributed by atoms with Gasteiger partial charge in [0.2, 0.25) is 0 Å². The lowest BCUT2D eigenvalue weighted by molar-refractivity contribution is -0.121. The second-order valence-electron chi connectivity index (χ2n) is 5.88. The first-order valence-corrected chi connectivity index (χ1v) is 10.4. The Hall–Kier alpha value is -1.73. The summed E-state index contributed by atoms with van der Waals surface area (Å²) in [5.74, 6) is 0.798. The summed E-state index contributed by atoms with van der Waals surface area (Å²) in [6, 6.07) is 11.0. The van der Waals surface area contributed by atoms with Crippen LogP contribution in [0.1, 0.15) is 18.1 Å². The molecule has 0 saturated carbocycles. The number of carbonyl (C=O) groups excluding carboxylic acids is 1. The Morgan fingerprint density at radius 2 is 1.93 bits per heavy atom. The molecule has 1 aliphatic rings. The van der Waals surface area contributed by atoms with Crippen LogP contribution in [0.3, 0.4) is 0 Å². The zero-order valence-corrected chi connectivity index (χ0v) is 18.3. The normalized spacial score (nSPS) is 15.4. The van der Waals surface area contributed by atoms with Gasteiger partial charge in [-0.05, 0) is 36.8 Å². The number of halogens is 2. The maximum Gasteiger partial charge on any atom is 0.265 e. The van der Waals surface area contributed by atoms with E-state index in [4.69, 9.17) is 44.9 Å². The number of benzene rings is 2. The number of hydrogen-bond donors (Lipinski definition) is 0. The molecule has 28 heavy (non-hydrogen) atoms. The minimum atomic E-state index is -0.136. The lowest BCUT2D eigenvalue weighted by atomic mass is 10.1. The third kappa shape index (κ3) is 4.63. The maximum absolute atomic E-state index is 12.2. The molecule has 0 spiro atoms. The first-order chi connectivity index (χ1) is 13.4. The first kappa shape index (κ1) is 21.0. The maximum atomic E-state index is 12.2. The van der Waals surface area contributed by atoms with E-state index in [1.807, 2.05) is 25.1 Å². The van der Waals surface area contributed by atoms with Gasteiger partial charge in [0.15, 0.2) is 11.5 Å². The predicted octanol–water partition coefficient (Wildman–Crippen LogP) is 5.80. The molecule has 146 valence electrons. The standard InChI is InChI=1S/C20H17Cl2NO3S2/c1-3-25-16-9-12(10-17-19(24)23(2)20(27)28-17)8-15(22)18(16)26-11-13-6-4-5-7-14(13)21/h4-10H,3,11H2,1-2H3. The van der Waals surface area contributed by atoms with Crippen LogP contribution in [0.5, 0.6) is 11.5 Å². The number of likely N-dealkylation sites (N-methyl/N-ethyl adjacent to an activating group) is 1. The van der Waals surface area contributed by atoms with Crippen molar-refractivity contribution in [2.75, 3.05) is 13.7 Å². The van der Waals surface area contributed by atoms with Crippen LogP contribution in [0, 0.1) is 0 Å². The smallest absolute Gasteiger partial charge is 0.265 e. The van der Waals surface area contributed by atoms with Gasteiger partial charge in [0.1, 0.15) is 10.9 Å². The summed E-state index contributed by atoms with van der Waals surface area (Å²) in [6.45, 7) is 2.58. The van der Waals surface area contributed by atoms with Crippen LogP contribution in [-0.4, -0.2) is 28.8 Å². The first-order valence-electron chi connectivity index (χ1n) is 8.44. The monoisotopic (exact) mass is 453 g/mol. The van der Waals surface area contributed by atoms with E-state index < -0.39 is 0 Å². The Labute approximate surface area is 183 Å². The zero-order chi connectivity index (χ0) is 20.3. The number of nitrogens with zero attached hydrogens (tertiary/aromatic N) is 1. The molecule has 0 aliphatic carbocycles. The molecule has 0 bridgehead atoms. The van der Waals surface area contributed by atoms with Crippen LogP contribution in [0.25, 0.3) is 6.08 Å². The number of rotatable bonds is 6. The van der Waals surface area contributed by atoms with Gasteiger partial charge >= 0.3 is 0 Å². The lowest BCUT2D eigenvalue weighted by Crippen LogP contribution is -2.22. The van der Waals surface area contributed by atoms with Crippen molar-refractivity contribution >= 4 is 63.5 Å². The molecule has 1 aliphatic heterocycles. The van der Waals surface area contributed by atoms with Gasteiger partial charge in [-0.15, -0.1) is 0 Å². The predicted molar refractivity (Wildman–Crippen MR) is 119 cm³/mol. The highest BCUT2D eigenvalue weighted by Crippen LogP contribution is 2.39. The van der Waals surface area contributed by atoms with Gasteiger partial charge < -0.3 is 9.47 Å². The summed E-state index contributed by atoms with van der Waals surface area (Å²) in [4.78, 5) is 14.2. The van der Waals surface area contributed by atoms with Crippen molar-refractivity contribution in [2.45, 2.75) is 13.5 Å². The Balaban J connectivity index is 1.89. The van der Waals surface area contributed by atoms with Crippen LogP contribution >= 0.6 is 47.2 Å². The fourth-order valence-electron chi connectivity index (χ4n) is 2.54. The Bertz CT molecular complexity index is 962. The summed E-state index contributed by atoms with van der Waals surface area (Å²) in [7, 11) is 1.66. The summed E-state index contributed by atoms with van der Waals surface area (Å²) >= 11 is 19.1. The molecule has 1 fully saturated rings. The summed E-state index contributed by atoms with van der Waals surface area (Å²) < 4.78 is 12.1. The third-order valence-corrected chi connectivity index (χ3v) is 6.08. The number of carbonyl (C=O) groups is 1. The van der Waals surface area contributed by atoms with Gasteiger partial charge in [0.05, 0.1) is 16.5 Å². The molecule has 8 heteroatoms. The molecular formula is C20H17Cl2NO3S2. The number of ether oxygens (including phenoxy) is 2. The minimum Gasteiger partial charge on any atom is -0.490 e. The van der Waals surface area contributed by atoms with Gasteiger partial charge in [0.25, 0.3) is 5.91 Å². The minimum absolute atomic E-state index is 0.136. The molecule has 0 radical (unpaired) electrons. The number of amides is 1. The quantitative estimate of drug-likeness (QED) is 0.407. The van der Waals surface area contributed by atoms with E-state index >= 15 is 0 Å². The van der Waals surface area contributed by atoms with Gasteiger partial charge in [-0.2, -0.15) is 0 Å². The molecule has 0 aromatic heterocycles. The van der Waals surface area contributed by atoms with Crippen LogP contribution < -0.4 is 9.47 Å². The van der Waals surface area contributed by atoms with E-state index in [1.165, 1.54) is 16.7 Å². The lowest BCUT2D eigenvalue weighted by Gasteiger charge is -2.15. The SMILES string of the molecule is CCOc1cc(C=C2SC(=S)N(C)C2=O)cc(Cl)c1OCc1ccccc1Cl. The molecule has 1 saturated heterocycles. The van der Waals surface area contributed by atoms with E-state index in [2.05, 4.69) is 0 Å². The van der Waals surface area contributed by atoms with Crippen molar-refractivity contribution in [1.29, 1.82) is 0 Å². The number of hydrogen-bond acceptors (Lipinski definition) is 5. The van der Waals surface area contributed by atoms with E-state index in [0.717, 1.165) is 11.1 Å². The molecule has 4 nitrogen and oxygen atoms in total. The number of thioether (sulfide) groups is 1. The van der Waals surface area contributed by atoms with Gasteiger partial charge in [-0.25, -0.2) is 0 Å². The molecule has 2 aromatic rings. The Morgan fingerprint density at radius 1 is 1.18 bits per heavy atom. The van der Waals surface area contributed by atoms with Crippen molar-refractivity contribution in [3.05, 3.63) is 62.5 Å². The molecule has 0 atom stereocenters. The fraction of sp³-hybridized carbons (Fsp3) is 0.200. The molecule has 2 aromatic carbocycles. The Kier molecular flexibility index (Phi) is 6.88. The highest BCUT2D eigenvalue weighted by atomic mass is 35.5. The van der Waals surface area contributed by atoms with Crippen LogP contribution in [-0.2, 0) is 11.4 Å². The van der Waals surface area contributed by atoms with E-state index in [1.54, 1.807) is 31.3 Å². The highest BCUT2D eigenvalue weighted by Gasteiger charge is 2.28. The van der Waals surface area contributed by atoms with Gasteiger partial charge in [0, 0.05) is 17.6 Å². The molecule has 1 amide bonds. The zero-order valence-electron chi connectivity index (χ0n) is 15.2. The molecule has 1 heterocycles. The molecule has 3 rings (SSSR count). The summed E-state index contributed by atoms with van der Waals surface area (Å²) in [5, 5.41) is 1.01. The topological polar surface area (TPSA) is 38.8 Å². The van der Waals surface area contributed by atoms with Crippen molar-refractivity contribution in [3.63, 3.8) is 0 Å². The second-order valence-corrected chi connectivity index (χ2v) is 8.37. The van der Waals surface area contributed by atoms with Crippen molar-refractivity contribution in [2.24, 2.45) is 0 Å². The van der Waals surface area contributed by atoms with Crippen LogP contribution in [0.15, 0.2) is 41.3 Å². The molecule has 0 N–H and O–H groups in total. The van der Waals surface area contributed by atoms with Crippen molar-refractivity contribution < 1.29 is 14.3 Å². The van der Waals surface area contributed by atoms with E-state index in [-0.39, 0.29) is 12.5 Å². The number of thiocarbonyl (C=S) groups is 1. The van der Waals surface area contributed by atoms with Gasteiger partial charge in [-0.1, -0.05) is 65.4 Å². The Morgan fingerprint density at radius 3 is 2.57 bits per heavy atom. The largest absolute Gasteiger partial charge is 0.490 e. The van der Waals surface area contributed by atoms with Crippen LogP contribution in [0.2, 0.25) is 10.0 Å². The molecular weight excluding hydrogens is 437 g/mol. The average molecular weight is 454 g/mol. The van der Waals surface area contributed by atoms with Crippen molar-refractivity contribution in [1.82, 2.24) is 4.90 Å². The third-order valence-electron chi connectivity index (χ3n) is 3.95. The van der Waals surface area contributed by atoms with E-state index in [9.17, 15) is 4.79 Å². The second kappa shape index (κ2) is 9.18. The van der Waals surface area contributed by atoms with E-state index in [0.29, 0.717) is 37.4 Å². The summed E-state index contributed by atoms with van der Waals surface area (Å²) in [6.07, 6.45) is 1.75. The van der Waals surface area contributed by atoms with Crippen LogP contribution in [0.4, 0.5) is 0 Å². The molecule has 0 unspecified atom stereocenters. The van der Waals surface area contributed by atoms with Crippen molar-refractivity contribution in [3.8, 4) is 11.5 Å². The average Bonchev–Trinajstić information content (AvgIpc) is 2.89. The summed E-state index contributed by atoms with van der Waals surface area (Å²) in [5.41, 5.74) is 1.57. The highest BCUT2D eigenvalue weighted by molar-refractivity contribution is 8.26. The fourth-order valence-corrected chi connectivity index (χ4v) is 4.18. The van der Waals surface area contributed by atoms with Gasteiger partial charge in [-0.3, -0.25) is 9.69 Å².